The molecule has 0 radical (unpaired) electrons. The van der Waals surface area contributed by atoms with Gasteiger partial charge in [-0.05, 0) is 36.1 Å². The standard InChI is InChI=1S/C22H26N2O2/c1-5-17-11-19-20(12-18(17)15(2)23-26)24(21(25)13-22(19,3)4)14-16-9-7-6-8-10-16/h6-12,26H,5,13-14H2,1-4H3. The van der Waals surface area contributed by atoms with Crippen molar-refractivity contribution < 1.29 is 10.0 Å². The molecule has 0 saturated carbocycles. The lowest BCUT2D eigenvalue weighted by Gasteiger charge is -2.39. The number of carbonyl (C=O) groups is 1. The van der Waals surface area contributed by atoms with Gasteiger partial charge in [0.25, 0.3) is 0 Å². The first-order valence-electron chi connectivity index (χ1n) is 9.08. The summed E-state index contributed by atoms with van der Waals surface area (Å²) in [5.74, 6) is 0.125. The molecule has 3 rings (SSSR count). The second kappa shape index (κ2) is 6.94. The fourth-order valence-corrected chi connectivity index (χ4v) is 3.72. The molecule has 1 N–H and O–H groups in total. The Morgan fingerprint density at radius 3 is 2.54 bits per heavy atom. The second-order valence-corrected chi connectivity index (χ2v) is 7.59. The topological polar surface area (TPSA) is 52.9 Å². The second-order valence-electron chi connectivity index (χ2n) is 7.59. The van der Waals surface area contributed by atoms with Crippen LogP contribution in [0, 0.1) is 0 Å². The van der Waals surface area contributed by atoms with Crippen LogP contribution in [0.4, 0.5) is 5.69 Å². The highest BCUT2D eigenvalue weighted by molar-refractivity contribution is 6.03. The van der Waals surface area contributed by atoms with Gasteiger partial charge in [-0.3, -0.25) is 4.79 Å². The molecule has 0 fully saturated rings. The monoisotopic (exact) mass is 350 g/mol. The number of carbonyl (C=O) groups excluding carboxylic acids is 1. The summed E-state index contributed by atoms with van der Waals surface area (Å²) in [5, 5.41) is 12.7. The molecule has 0 aromatic heterocycles. The Labute approximate surface area is 155 Å². The number of benzene rings is 2. The largest absolute Gasteiger partial charge is 0.411 e. The Bertz CT molecular complexity index is 854. The molecule has 4 heteroatoms. The molecule has 1 heterocycles. The Morgan fingerprint density at radius 1 is 1.23 bits per heavy atom. The molecule has 0 atom stereocenters. The molecule has 0 bridgehead atoms. The quantitative estimate of drug-likeness (QED) is 0.495. The number of nitrogens with zero attached hydrogens (tertiary/aromatic N) is 2. The van der Waals surface area contributed by atoms with Gasteiger partial charge in [0.15, 0.2) is 0 Å². The van der Waals surface area contributed by atoms with Crippen molar-refractivity contribution in [1.29, 1.82) is 0 Å². The van der Waals surface area contributed by atoms with Crippen LogP contribution in [0.1, 0.15) is 56.4 Å². The Kier molecular flexibility index (Phi) is 4.86. The Hall–Kier alpha value is -2.62. The number of fused-ring (bicyclic) bond motifs is 1. The van der Waals surface area contributed by atoms with E-state index in [0.717, 1.165) is 28.8 Å². The van der Waals surface area contributed by atoms with E-state index in [1.54, 1.807) is 6.92 Å². The first-order chi connectivity index (χ1) is 12.4. The third-order valence-corrected chi connectivity index (χ3v) is 5.24. The van der Waals surface area contributed by atoms with E-state index in [0.29, 0.717) is 18.7 Å². The van der Waals surface area contributed by atoms with Crippen LogP contribution in [0.3, 0.4) is 0 Å². The van der Waals surface area contributed by atoms with Crippen LogP contribution in [0.25, 0.3) is 0 Å². The molecule has 4 nitrogen and oxygen atoms in total. The molecule has 0 aliphatic carbocycles. The smallest absolute Gasteiger partial charge is 0.228 e. The van der Waals surface area contributed by atoms with Crippen LogP contribution >= 0.6 is 0 Å². The minimum atomic E-state index is -0.216. The minimum Gasteiger partial charge on any atom is -0.411 e. The molecule has 1 aliphatic heterocycles. The zero-order valence-electron chi connectivity index (χ0n) is 15.9. The number of oxime groups is 1. The highest BCUT2D eigenvalue weighted by Gasteiger charge is 2.37. The lowest BCUT2D eigenvalue weighted by Crippen LogP contribution is -2.41. The maximum Gasteiger partial charge on any atom is 0.228 e. The number of anilines is 1. The van der Waals surface area contributed by atoms with Crippen molar-refractivity contribution in [3.8, 4) is 0 Å². The molecule has 0 saturated heterocycles. The van der Waals surface area contributed by atoms with Crippen molar-refractivity contribution in [1.82, 2.24) is 0 Å². The van der Waals surface area contributed by atoms with Gasteiger partial charge in [0, 0.05) is 23.1 Å². The fourth-order valence-electron chi connectivity index (χ4n) is 3.72. The minimum absolute atomic E-state index is 0.125. The molecule has 1 aliphatic rings. The van der Waals surface area contributed by atoms with Crippen LogP contribution < -0.4 is 4.90 Å². The van der Waals surface area contributed by atoms with E-state index in [1.807, 2.05) is 41.3 Å². The van der Waals surface area contributed by atoms with Crippen molar-refractivity contribution in [2.75, 3.05) is 4.90 Å². The van der Waals surface area contributed by atoms with Gasteiger partial charge in [0.1, 0.15) is 0 Å². The maximum atomic E-state index is 12.9. The average Bonchev–Trinajstić information content (AvgIpc) is 2.64. The fraction of sp³-hybridized carbons (Fsp3) is 0.364. The molecule has 2 aromatic rings. The van der Waals surface area contributed by atoms with Crippen LogP contribution in [-0.4, -0.2) is 16.8 Å². The van der Waals surface area contributed by atoms with Crippen LogP contribution in [0.5, 0.6) is 0 Å². The van der Waals surface area contributed by atoms with Gasteiger partial charge in [0.2, 0.25) is 5.91 Å². The molecule has 1 amide bonds. The highest BCUT2D eigenvalue weighted by atomic mass is 16.4. The van der Waals surface area contributed by atoms with E-state index in [1.165, 1.54) is 5.56 Å². The van der Waals surface area contributed by atoms with Gasteiger partial charge in [-0.2, -0.15) is 0 Å². The summed E-state index contributed by atoms with van der Waals surface area (Å²) < 4.78 is 0. The summed E-state index contributed by atoms with van der Waals surface area (Å²) >= 11 is 0. The lowest BCUT2D eigenvalue weighted by molar-refractivity contribution is -0.120. The van der Waals surface area contributed by atoms with E-state index in [-0.39, 0.29) is 11.3 Å². The van der Waals surface area contributed by atoms with Gasteiger partial charge >= 0.3 is 0 Å². The number of hydrogen-bond donors (Lipinski definition) is 1. The maximum absolute atomic E-state index is 12.9. The molecule has 0 unspecified atom stereocenters. The van der Waals surface area contributed by atoms with Gasteiger partial charge in [-0.1, -0.05) is 62.3 Å². The Balaban J connectivity index is 2.17. The summed E-state index contributed by atoms with van der Waals surface area (Å²) in [7, 11) is 0. The predicted octanol–water partition coefficient (Wildman–Crippen LogP) is 4.66. The number of amides is 1. The van der Waals surface area contributed by atoms with Crippen LogP contribution in [-0.2, 0) is 23.2 Å². The van der Waals surface area contributed by atoms with Crippen LogP contribution in [0.2, 0.25) is 0 Å². The normalized spacial score (nSPS) is 16.5. The molecule has 136 valence electrons. The van der Waals surface area contributed by atoms with Crippen molar-refractivity contribution in [2.45, 2.75) is 52.5 Å². The zero-order chi connectivity index (χ0) is 18.9. The Morgan fingerprint density at radius 2 is 1.92 bits per heavy atom. The molecular formula is C22H26N2O2. The number of hydrogen-bond acceptors (Lipinski definition) is 3. The van der Waals surface area contributed by atoms with E-state index in [9.17, 15) is 10.0 Å². The summed E-state index contributed by atoms with van der Waals surface area (Å²) in [5.41, 5.74) is 5.59. The van der Waals surface area contributed by atoms with Gasteiger partial charge in [-0.15, -0.1) is 0 Å². The highest BCUT2D eigenvalue weighted by Crippen LogP contribution is 2.42. The lowest BCUT2D eigenvalue weighted by atomic mass is 9.75. The first kappa shape index (κ1) is 18.2. The van der Waals surface area contributed by atoms with Crippen molar-refractivity contribution >= 4 is 17.3 Å². The zero-order valence-corrected chi connectivity index (χ0v) is 15.9. The average molecular weight is 350 g/mol. The molecule has 26 heavy (non-hydrogen) atoms. The summed E-state index contributed by atoms with van der Waals surface area (Å²) in [4.78, 5) is 14.8. The summed E-state index contributed by atoms with van der Waals surface area (Å²) in [6.45, 7) is 8.67. The van der Waals surface area contributed by atoms with Gasteiger partial charge < -0.3 is 10.1 Å². The molecule has 0 spiro atoms. The van der Waals surface area contributed by atoms with E-state index in [4.69, 9.17) is 0 Å². The first-order valence-corrected chi connectivity index (χ1v) is 9.08. The number of aryl methyl sites for hydroxylation is 1. The summed E-state index contributed by atoms with van der Waals surface area (Å²) in [6.07, 6.45) is 1.33. The van der Waals surface area contributed by atoms with Crippen molar-refractivity contribution in [2.24, 2.45) is 5.16 Å². The van der Waals surface area contributed by atoms with E-state index < -0.39 is 0 Å². The third kappa shape index (κ3) is 3.24. The SMILES string of the molecule is CCc1cc2c(cc1C(C)=NO)N(Cc1ccccc1)C(=O)CC2(C)C. The predicted molar refractivity (Wildman–Crippen MR) is 105 cm³/mol. The molecular weight excluding hydrogens is 324 g/mol. The van der Waals surface area contributed by atoms with Crippen molar-refractivity contribution in [3.05, 3.63) is 64.7 Å². The van der Waals surface area contributed by atoms with Gasteiger partial charge in [0.05, 0.1) is 12.3 Å². The van der Waals surface area contributed by atoms with Crippen molar-refractivity contribution in [3.63, 3.8) is 0 Å². The van der Waals surface area contributed by atoms with Crippen LogP contribution in [0.15, 0.2) is 47.6 Å². The van der Waals surface area contributed by atoms with Gasteiger partial charge in [-0.25, -0.2) is 0 Å². The third-order valence-electron chi connectivity index (χ3n) is 5.24. The summed E-state index contributed by atoms with van der Waals surface area (Å²) in [6, 6.07) is 14.2. The number of rotatable bonds is 4. The van der Waals surface area contributed by atoms with E-state index in [2.05, 4.69) is 32.0 Å². The van der Waals surface area contributed by atoms with E-state index >= 15 is 0 Å². The molecule has 2 aromatic carbocycles.